The molecule has 0 N–H and O–H groups in total. The van der Waals surface area contributed by atoms with Gasteiger partial charge in [0.1, 0.15) is 0 Å². The zero-order valence-corrected chi connectivity index (χ0v) is 7.18. The van der Waals surface area contributed by atoms with Crippen molar-refractivity contribution in [2.24, 2.45) is 11.8 Å². The summed E-state index contributed by atoms with van der Waals surface area (Å²) in [5, 5.41) is -0.216. The quantitative estimate of drug-likeness (QED) is 0.583. The Morgan fingerprint density at radius 2 is 1.91 bits per heavy atom. The van der Waals surface area contributed by atoms with E-state index >= 15 is 0 Å². The number of hydrogen-bond acceptors (Lipinski definition) is 2. The van der Waals surface area contributed by atoms with E-state index in [-0.39, 0.29) is 5.24 Å². The summed E-state index contributed by atoms with van der Waals surface area (Å²) in [7, 11) is 0. The van der Waals surface area contributed by atoms with Gasteiger partial charge in [0.05, 0.1) is 6.54 Å². The molecular weight excluding hydrogens is 162 g/mol. The Labute approximate surface area is 71.5 Å². The van der Waals surface area contributed by atoms with Crippen LogP contribution < -0.4 is 0 Å². The van der Waals surface area contributed by atoms with Gasteiger partial charge in [-0.15, -0.1) is 0 Å². The van der Waals surface area contributed by atoms with Crippen LogP contribution in [0.1, 0.15) is 12.8 Å². The zero-order chi connectivity index (χ0) is 7.84. The molecule has 2 saturated heterocycles. The van der Waals surface area contributed by atoms with E-state index < -0.39 is 0 Å². The lowest BCUT2D eigenvalue weighted by molar-refractivity contribution is -0.114. The molecule has 0 unspecified atom stereocenters. The van der Waals surface area contributed by atoms with Gasteiger partial charge in [0, 0.05) is 13.1 Å². The summed E-state index contributed by atoms with van der Waals surface area (Å²) in [6.07, 6.45) is 2.76. The van der Waals surface area contributed by atoms with Gasteiger partial charge in [0.2, 0.25) is 5.24 Å². The molecule has 0 spiro atoms. The number of nitrogens with zero attached hydrogens (tertiary/aromatic N) is 1. The van der Waals surface area contributed by atoms with Crippen LogP contribution in [0, 0.1) is 11.8 Å². The number of fused-ring (bicyclic) bond motifs is 2. The molecule has 11 heavy (non-hydrogen) atoms. The first-order chi connectivity index (χ1) is 5.24. The topological polar surface area (TPSA) is 20.3 Å². The highest BCUT2D eigenvalue weighted by Gasteiger charge is 2.37. The highest BCUT2D eigenvalue weighted by molar-refractivity contribution is 6.64. The van der Waals surface area contributed by atoms with Crippen LogP contribution in [0.15, 0.2) is 0 Å². The van der Waals surface area contributed by atoms with Gasteiger partial charge in [0.25, 0.3) is 0 Å². The second kappa shape index (κ2) is 2.76. The fourth-order valence-electron chi connectivity index (χ4n) is 2.28. The van der Waals surface area contributed by atoms with Crippen LogP contribution >= 0.6 is 11.6 Å². The Balaban J connectivity index is 1.83. The fraction of sp³-hybridized carbons (Fsp3) is 0.875. The molecule has 3 heteroatoms. The largest absolute Gasteiger partial charge is 0.294 e. The standard InChI is InChI=1S/C8H12ClNO/c9-8(11)5-10-3-6-1-7(2-6)4-10/h6-7H,1-5H2. The molecule has 62 valence electrons. The van der Waals surface area contributed by atoms with Crippen LogP contribution in [0.5, 0.6) is 0 Å². The number of piperidine rings is 2. The molecule has 1 aliphatic carbocycles. The highest BCUT2D eigenvalue weighted by atomic mass is 35.5. The van der Waals surface area contributed by atoms with Crippen LogP contribution in [0.2, 0.25) is 0 Å². The summed E-state index contributed by atoms with van der Waals surface area (Å²) < 4.78 is 0. The third-order valence-corrected chi connectivity index (χ3v) is 2.83. The molecule has 2 nitrogen and oxygen atoms in total. The maximum atomic E-state index is 10.6. The van der Waals surface area contributed by atoms with E-state index in [1.165, 1.54) is 12.8 Å². The maximum absolute atomic E-state index is 10.6. The lowest BCUT2D eigenvalue weighted by atomic mass is 9.71. The van der Waals surface area contributed by atoms with Crippen LogP contribution in [-0.2, 0) is 4.79 Å². The van der Waals surface area contributed by atoms with Gasteiger partial charge in [-0.05, 0) is 36.3 Å². The van der Waals surface area contributed by atoms with Crippen molar-refractivity contribution in [1.82, 2.24) is 4.90 Å². The van der Waals surface area contributed by atoms with Gasteiger partial charge in [0.15, 0.2) is 0 Å². The summed E-state index contributed by atoms with van der Waals surface area (Å²) >= 11 is 5.29. The Kier molecular flexibility index (Phi) is 1.90. The first-order valence-corrected chi connectivity index (χ1v) is 4.52. The Bertz CT molecular complexity index is 167. The predicted molar refractivity (Wildman–Crippen MR) is 43.5 cm³/mol. The second-order valence-electron chi connectivity index (χ2n) is 3.75. The number of carbonyl (C=O) groups excluding carboxylic acids is 1. The number of hydrogen-bond donors (Lipinski definition) is 0. The van der Waals surface area contributed by atoms with Crippen molar-refractivity contribution in [3.8, 4) is 0 Å². The lowest BCUT2D eigenvalue weighted by Crippen LogP contribution is -2.49. The summed E-state index contributed by atoms with van der Waals surface area (Å²) in [5.41, 5.74) is 0. The average Bonchev–Trinajstić information content (AvgIpc) is 1.83. The number of halogens is 1. The van der Waals surface area contributed by atoms with Crippen molar-refractivity contribution in [3.05, 3.63) is 0 Å². The van der Waals surface area contributed by atoms with E-state index in [1.54, 1.807) is 0 Å². The monoisotopic (exact) mass is 173 g/mol. The summed E-state index contributed by atoms with van der Waals surface area (Å²) in [6, 6.07) is 0. The molecule has 0 aromatic heterocycles. The fourth-order valence-corrected chi connectivity index (χ4v) is 2.45. The SMILES string of the molecule is O=C(Cl)CN1CC2CC(C2)C1. The van der Waals surface area contributed by atoms with Crippen LogP contribution in [0.4, 0.5) is 0 Å². The van der Waals surface area contributed by atoms with Crippen molar-refractivity contribution in [1.29, 1.82) is 0 Å². The average molecular weight is 174 g/mol. The van der Waals surface area contributed by atoms with Gasteiger partial charge in [-0.25, -0.2) is 0 Å². The Morgan fingerprint density at radius 3 is 2.36 bits per heavy atom. The van der Waals surface area contributed by atoms with Crippen molar-refractivity contribution in [2.45, 2.75) is 12.8 Å². The van der Waals surface area contributed by atoms with Gasteiger partial charge >= 0.3 is 0 Å². The normalized spacial score (nSPS) is 36.5. The van der Waals surface area contributed by atoms with Gasteiger partial charge in [-0.3, -0.25) is 9.69 Å². The second-order valence-corrected chi connectivity index (χ2v) is 4.17. The smallest absolute Gasteiger partial charge is 0.235 e. The van der Waals surface area contributed by atoms with Crippen LogP contribution in [0.25, 0.3) is 0 Å². The van der Waals surface area contributed by atoms with Gasteiger partial charge in [-0.2, -0.15) is 0 Å². The number of carbonyl (C=O) groups is 1. The van der Waals surface area contributed by atoms with E-state index in [0.717, 1.165) is 24.9 Å². The molecular formula is C8H12ClNO. The number of rotatable bonds is 2. The lowest BCUT2D eigenvalue weighted by Gasteiger charge is -2.46. The van der Waals surface area contributed by atoms with Crippen molar-refractivity contribution in [2.75, 3.05) is 19.6 Å². The minimum Gasteiger partial charge on any atom is -0.294 e. The van der Waals surface area contributed by atoms with E-state index in [4.69, 9.17) is 11.6 Å². The summed E-state index contributed by atoms with van der Waals surface area (Å²) in [4.78, 5) is 12.7. The van der Waals surface area contributed by atoms with Gasteiger partial charge in [-0.1, -0.05) is 0 Å². The molecule has 0 aromatic carbocycles. The van der Waals surface area contributed by atoms with Gasteiger partial charge < -0.3 is 0 Å². The summed E-state index contributed by atoms with van der Waals surface area (Å²) in [5.74, 6) is 1.73. The van der Waals surface area contributed by atoms with Crippen molar-refractivity contribution in [3.63, 3.8) is 0 Å². The summed E-state index contributed by atoms with van der Waals surface area (Å²) in [6.45, 7) is 2.64. The molecule has 0 amide bonds. The molecule has 3 fully saturated rings. The van der Waals surface area contributed by atoms with E-state index in [1.807, 2.05) is 0 Å². The molecule has 1 saturated carbocycles. The van der Waals surface area contributed by atoms with Crippen molar-refractivity contribution < 1.29 is 4.79 Å². The third-order valence-electron chi connectivity index (χ3n) is 2.71. The first kappa shape index (κ1) is 7.56. The predicted octanol–water partition coefficient (Wildman–Crippen LogP) is 1.09. The van der Waals surface area contributed by atoms with E-state index in [2.05, 4.69) is 4.90 Å². The molecule has 3 rings (SSSR count). The van der Waals surface area contributed by atoms with Crippen LogP contribution in [0.3, 0.4) is 0 Å². The molecule has 2 aliphatic heterocycles. The third kappa shape index (κ3) is 1.57. The minimum absolute atomic E-state index is 0.216. The molecule has 2 heterocycles. The highest BCUT2D eigenvalue weighted by Crippen LogP contribution is 2.39. The Morgan fingerprint density at radius 1 is 1.36 bits per heavy atom. The van der Waals surface area contributed by atoms with Crippen LogP contribution in [-0.4, -0.2) is 29.8 Å². The molecule has 2 bridgehead atoms. The molecule has 3 aliphatic rings. The Hall–Kier alpha value is -0.0800. The van der Waals surface area contributed by atoms with E-state index in [0.29, 0.717) is 6.54 Å². The van der Waals surface area contributed by atoms with E-state index in [9.17, 15) is 4.79 Å². The first-order valence-electron chi connectivity index (χ1n) is 4.14. The van der Waals surface area contributed by atoms with Crippen molar-refractivity contribution >= 4 is 16.8 Å². The molecule has 0 radical (unpaired) electrons. The maximum Gasteiger partial charge on any atom is 0.235 e. The molecule has 0 atom stereocenters. The molecule has 0 aromatic rings. The zero-order valence-electron chi connectivity index (χ0n) is 6.42. The minimum atomic E-state index is -0.216.